The second kappa shape index (κ2) is 10.1. The third-order valence-electron chi connectivity index (χ3n) is 5.49. The lowest BCUT2D eigenvalue weighted by molar-refractivity contribution is 0.0521. The van der Waals surface area contributed by atoms with Gasteiger partial charge in [-0.25, -0.2) is 18.6 Å². The minimum absolute atomic E-state index is 0.0144. The number of benzene rings is 2. The molecule has 0 unspecified atom stereocenters. The Labute approximate surface area is 195 Å². The van der Waals surface area contributed by atoms with Gasteiger partial charge in [0.2, 0.25) is 5.88 Å². The predicted octanol–water partition coefficient (Wildman–Crippen LogP) is 6.86. The highest BCUT2D eigenvalue weighted by molar-refractivity contribution is 6.30. The quantitative estimate of drug-likeness (QED) is 0.354. The van der Waals surface area contributed by atoms with Crippen LogP contribution in [-0.4, -0.2) is 17.6 Å². The molecule has 0 fully saturated rings. The van der Waals surface area contributed by atoms with Gasteiger partial charge >= 0.3 is 5.97 Å². The van der Waals surface area contributed by atoms with Crippen LogP contribution in [0.4, 0.5) is 8.78 Å². The lowest BCUT2D eigenvalue weighted by Crippen LogP contribution is -2.08. The number of carbonyl (C=O) groups is 1. The molecular formula is C26H22ClF2NO3. The van der Waals surface area contributed by atoms with Crippen LogP contribution in [0.15, 0.2) is 54.7 Å². The molecule has 170 valence electrons. The summed E-state index contributed by atoms with van der Waals surface area (Å²) in [6.45, 7) is 1.85. The van der Waals surface area contributed by atoms with E-state index in [1.807, 2.05) is 0 Å². The third kappa shape index (κ3) is 5.06. The van der Waals surface area contributed by atoms with E-state index in [2.05, 4.69) is 4.98 Å². The van der Waals surface area contributed by atoms with Crippen molar-refractivity contribution in [2.24, 2.45) is 0 Å². The summed E-state index contributed by atoms with van der Waals surface area (Å²) in [5, 5.41) is 0.438. The molecule has 0 aliphatic heterocycles. The number of halogens is 3. The average Bonchev–Trinajstić information content (AvgIpc) is 3.29. The Morgan fingerprint density at radius 1 is 1.06 bits per heavy atom. The number of ether oxygens (including phenoxy) is 2. The fourth-order valence-electron chi connectivity index (χ4n) is 3.96. The van der Waals surface area contributed by atoms with Crippen molar-refractivity contribution >= 4 is 28.7 Å². The standard InChI is InChI=1S/C26H22ClF2NO3/c1-2-32-26(31)22-12-16(10-11-24(22)29)19-7-5-8-20(19)21-13-18(27)14-30-25(21)33-15-17-6-3-4-9-23(17)28/h3-4,6,9-14H,2,5,7-8,15H2,1H3. The van der Waals surface area contributed by atoms with E-state index in [-0.39, 0.29) is 24.6 Å². The number of carbonyl (C=O) groups excluding carboxylic acids is 1. The SMILES string of the molecule is CCOC(=O)c1cc(C2=C(c3cc(Cl)cnc3OCc3ccccc3F)CCC2)ccc1F. The Balaban J connectivity index is 1.72. The normalized spacial score (nSPS) is 13.3. The van der Waals surface area contributed by atoms with Crippen molar-refractivity contribution in [3.8, 4) is 5.88 Å². The molecule has 3 aromatic rings. The van der Waals surface area contributed by atoms with Crippen LogP contribution in [0.25, 0.3) is 11.1 Å². The van der Waals surface area contributed by atoms with Crippen LogP contribution < -0.4 is 4.74 Å². The third-order valence-corrected chi connectivity index (χ3v) is 5.70. The maximum absolute atomic E-state index is 14.3. The van der Waals surface area contributed by atoms with Crippen LogP contribution in [-0.2, 0) is 11.3 Å². The van der Waals surface area contributed by atoms with Gasteiger partial charge in [-0.3, -0.25) is 0 Å². The summed E-state index contributed by atoms with van der Waals surface area (Å²) in [6.07, 6.45) is 3.83. The molecule has 7 heteroatoms. The molecular weight excluding hydrogens is 448 g/mol. The fourth-order valence-corrected chi connectivity index (χ4v) is 4.12. The first kappa shape index (κ1) is 22.9. The number of nitrogens with zero attached hydrogens (tertiary/aromatic N) is 1. The summed E-state index contributed by atoms with van der Waals surface area (Å²) < 4.78 is 39.2. The lowest BCUT2D eigenvalue weighted by atomic mass is 9.96. The van der Waals surface area contributed by atoms with E-state index in [0.717, 1.165) is 36.0 Å². The van der Waals surface area contributed by atoms with Gasteiger partial charge in [0.15, 0.2) is 0 Å². The summed E-state index contributed by atoms with van der Waals surface area (Å²) in [6, 6.07) is 12.6. The zero-order valence-electron chi connectivity index (χ0n) is 18.0. The van der Waals surface area contributed by atoms with Crippen LogP contribution >= 0.6 is 11.6 Å². The van der Waals surface area contributed by atoms with Crippen LogP contribution in [0.1, 0.15) is 53.2 Å². The number of hydrogen-bond donors (Lipinski definition) is 0. The maximum atomic E-state index is 14.3. The Morgan fingerprint density at radius 2 is 1.85 bits per heavy atom. The number of rotatable bonds is 7. The van der Waals surface area contributed by atoms with Crippen molar-refractivity contribution in [1.29, 1.82) is 0 Å². The largest absolute Gasteiger partial charge is 0.472 e. The van der Waals surface area contributed by atoms with Crippen LogP contribution in [0.3, 0.4) is 0 Å². The Hall–Kier alpha value is -3.25. The molecule has 4 rings (SSSR count). The van der Waals surface area contributed by atoms with Crippen LogP contribution in [0.5, 0.6) is 5.88 Å². The lowest BCUT2D eigenvalue weighted by Gasteiger charge is -2.15. The fraction of sp³-hybridized carbons (Fsp3) is 0.231. The van der Waals surface area contributed by atoms with Gasteiger partial charge in [-0.15, -0.1) is 0 Å². The molecule has 0 amide bonds. The van der Waals surface area contributed by atoms with Crippen molar-refractivity contribution in [1.82, 2.24) is 4.98 Å². The van der Waals surface area contributed by atoms with Gasteiger partial charge in [0, 0.05) is 17.3 Å². The van der Waals surface area contributed by atoms with E-state index in [1.165, 1.54) is 24.4 Å². The molecule has 1 aromatic heterocycles. The van der Waals surface area contributed by atoms with Crippen LogP contribution in [0, 0.1) is 11.6 Å². The summed E-state index contributed by atoms with van der Waals surface area (Å²) in [7, 11) is 0. The van der Waals surface area contributed by atoms with Gasteiger partial charge in [0.25, 0.3) is 0 Å². The summed E-state index contributed by atoms with van der Waals surface area (Å²) in [5.41, 5.74) is 3.66. The van der Waals surface area contributed by atoms with Gasteiger partial charge < -0.3 is 9.47 Å². The minimum Gasteiger partial charge on any atom is -0.472 e. The molecule has 2 aromatic carbocycles. The Bertz CT molecular complexity index is 1230. The van der Waals surface area contributed by atoms with E-state index in [1.54, 1.807) is 37.3 Å². The van der Waals surface area contributed by atoms with Crippen molar-refractivity contribution in [3.63, 3.8) is 0 Å². The van der Waals surface area contributed by atoms with Gasteiger partial charge in [-0.2, -0.15) is 0 Å². The number of pyridine rings is 1. The second-order valence-corrected chi connectivity index (χ2v) is 8.05. The monoisotopic (exact) mass is 469 g/mol. The van der Waals surface area contributed by atoms with Crippen molar-refractivity contribution in [2.75, 3.05) is 6.61 Å². The zero-order valence-corrected chi connectivity index (χ0v) is 18.8. The Kier molecular flexibility index (Phi) is 7.04. The number of allylic oxidation sites excluding steroid dienone is 2. The maximum Gasteiger partial charge on any atom is 0.341 e. The van der Waals surface area contributed by atoms with E-state index in [4.69, 9.17) is 21.1 Å². The molecule has 0 atom stereocenters. The summed E-state index contributed by atoms with van der Waals surface area (Å²) in [4.78, 5) is 16.5. The number of hydrogen-bond acceptors (Lipinski definition) is 4. The van der Waals surface area contributed by atoms with E-state index in [9.17, 15) is 13.6 Å². The summed E-state index contributed by atoms with van der Waals surface area (Å²) >= 11 is 6.24. The van der Waals surface area contributed by atoms with Gasteiger partial charge in [0.05, 0.1) is 17.2 Å². The van der Waals surface area contributed by atoms with Gasteiger partial charge in [0.1, 0.15) is 18.2 Å². The molecule has 0 N–H and O–H groups in total. The van der Waals surface area contributed by atoms with Crippen molar-refractivity contribution in [2.45, 2.75) is 32.8 Å². The van der Waals surface area contributed by atoms with Crippen LogP contribution in [0.2, 0.25) is 5.02 Å². The number of esters is 1. The molecule has 1 aliphatic rings. The van der Waals surface area contributed by atoms with E-state index in [0.29, 0.717) is 22.0 Å². The van der Waals surface area contributed by atoms with Gasteiger partial charge in [-0.1, -0.05) is 35.9 Å². The average molecular weight is 470 g/mol. The first-order chi connectivity index (χ1) is 16.0. The molecule has 0 bridgehead atoms. The highest BCUT2D eigenvalue weighted by Crippen LogP contribution is 2.43. The van der Waals surface area contributed by atoms with Gasteiger partial charge in [-0.05, 0) is 67.2 Å². The van der Waals surface area contributed by atoms with E-state index < -0.39 is 11.8 Å². The molecule has 4 nitrogen and oxygen atoms in total. The molecule has 1 heterocycles. The minimum atomic E-state index is -0.699. The molecule has 33 heavy (non-hydrogen) atoms. The smallest absolute Gasteiger partial charge is 0.341 e. The molecule has 0 saturated heterocycles. The van der Waals surface area contributed by atoms with Crippen molar-refractivity contribution < 1.29 is 23.0 Å². The van der Waals surface area contributed by atoms with Crippen molar-refractivity contribution in [3.05, 3.63) is 93.6 Å². The second-order valence-electron chi connectivity index (χ2n) is 7.61. The first-order valence-electron chi connectivity index (χ1n) is 10.7. The first-order valence-corrected chi connectivity index (χ1v) is 11.1. The highest BCUT2D eigenvalue weighted by Gasteiger charge is 2.24. The summed E-state index contributed by atoms with van der Waals surface area (Å²) in [5.74, 6) is -1.35. The highest BCUT2D eigenvalue weighted by atomic mass is 35.5. The molecule has 1 aliphatic carbocycles. The predicted molar refractivity (Wildman–Crippen MR) is 123 cm³/mol. The Morgan fingerprint density at radius 3 is 2.64 bits per heavy atom. The molecule has 0 radical (unpaired) electrons. The topological polar surface area (TPSA) is 48.4 Å². The molecule has 0 spiro atoms. The number of aromatic nitrogens is 1. The van der Waals surface area contributed by atoms with E-state index >= 15 is 0 Å². The molecule has 0 saturated carbocycles. The zero-order chi connectivity index (χ0) is 23.4.